The van der Waals surface area contributed by atoms with Crippen LogP contribution in [0.5, 0.6) is 0 Å². The van der Waals surface area contributed by atoms with Gasteiger partial charge in [0.2, 0.25) is 5.91 Å². The lowest BCUT2D eigenvalue weighted by molar-refractivity contribution is -0.137. The number of benzene rings is 1. The molecule has 2 heterocycles. The van der Waals surface area contributed by atoms with Crippen molar-refractivity contribution in [2.45, 2.75) is 50.7 Å². The molecule has 0 radical (unpaired) electrons. The molecule has 1 saturated heterocycles. The predicted molar refractivity (Wildman–Crippen MR) is 124 cm³/mol. The Labute approximate surface area is 200 Å². The molecular weight excluding hydrogens is 469 g/mol. The highest BCUT2D eigenvalue weighted by molar-refractivity contribution is 6.33. The van der Waals surface area contributed by atoms with E-state index >= 15 is 0 Å². The molecule has 1 saturated carbocycles. The number of pyridine rings is 1. The van der Waals surface area contributed by atoms with Gasteiger partial charge in [0.1, 0.15) is 5.82 Å². The van der Waals surface area contributed by atoms with Gasteiger partial charge < -0.3 is 15.5 Å². The summed E-state index contributed by atoms with van der Waals surface area (Å²) in [6.45, 7) is 0.910. The molecule has 1 aliphatic heterocycles. The van der Waals surface area contributed by atoms with Crippen molar-refractivity contribution in [2.24, 2.45) is 5.92 Å². The average molecular weight is 495 g/mol. The van der Waals surface area contributed by atoms with Crippen molar-refractivity contribution in [3.8, 4) is 0 Å². The molecule has 2 fully saturated rings. The maximum atomic E-state index is 12.8. The molecule has 0 unspecified atom stereocenters. The van der Waals surface area contributed by atoms with Gasteiger partial charge >= 0.3 is 6.18 Å². The van der Waals surface area contributed by atoms with Crippen LogP contribution in [0.15, 0.2) is 36.5 Å². The standard InChI is InChI=1S/C24H26ClF3N4O2/c25-20-13-17(24(26,27)28)14-29-21(20)32-11-9-16(10-12-32)23(34)31-19-7-5-15(6-8-19)22(33)30-18-3-1-2-4-18/h5-8,13-14,16,18H,1-4,9-12H2,(H,30,33)(H,31,34). The van der Waals surface area contributed by atoms with E-state index in [0.29, 0.717) is 43.0 Å². The first-order valence-electron chi connectivity index (χ1n) is 11.4. The fraction of sp³-hybridized carbons (Fsp3) is 0.458. The second-order valence-electron chi connectivity index (χ2n) is 8.81. The van der Waals surface area contributed by atoms with Gasteiger partial charge in [-0.2, -0.15) is 13.2 Å². The van der Waals surface area contributed by atoms with Gasteiger partial charge in [0.25, 0.3) is 5.91 Å². The minimum atomic E-state index is -4.50. The molecule has 0 bridgehead atoms. The number of piperidine rings is 1. The SMILES string of the molecule is O=C(NC1CCCC1)c1ccc(NC(=O)C2CCN(c3ncc(C(F)(F)F)cc3Cl)CC2)cc1. The summed E-state index contributed by atoms with van der Waals surface area (Å²) in [7, 11) is 0. The topological polar surface area (TPSA) is 74.3 Å². The first kappa shape index (κ1) is 24.3. The number of carbonyl (C=O) groups is 2. The quantitative estimate of drug-likeness (QED) is 0.593. The largest absolute Gasteiger partial charge is 0.417 e. The zero-order chi connectivity index (χ0) is 24.3. The number of halogens is 4. The normalized spacial score (nSPS) is 17.6. The number of aromatic nitrogens is 1. The van der Waals surface area contributed by atoms with Gasteiger partial charge in [-0.15, -0.1) is 0 Å². The second kappa shape index (κ2) is 10.2. The lowest BCUT2D eigenvalue weighted by Gasteiger charge is -2.32. The number of anilines is 2. The van der Waals surface area contributed by atoms with Gasteiger partial charge in [-0.3, -0.25) is 9.59 Å². The van der Waals surface area contributed by atoms with E-state index < -0.39 is 11.7 Å². The van der Waals surface area contributed by atoms with Gasteiger partial charge in [0.05, 0.1) is 10.6 Å². The van der Waals surface area contributed by atoms with Crippen LogP contribution >= 0.6 is 11.6 Å². The molecule has 1 aromatic carbocycles. The summed E-state index contributed by atoms with van der Waals surface area (Å²) < 4.78 is 38.5. The molecule has 0 atom stereocenters. The number of nitrogens with zero attached hydrogens (tertiary/aromatic N) is 2. The Kier molecular flexibility index (Phi) is 7.30. The molecule has 182 valence electrons. The molecule has 0 spiro atoms. The first-order chi connectivity index (χ1) is 16.2. The van der Waals surface area contributed by atoms with E-state index in [1.807, 2.05) is 0 Å². The maximum Gasteiger partial charge on any atom is 0.417 e. The van der Waals surface area contributed by atoms with Crippen molar-refractivity contribution in [3.05, 3.63) is 52.7 Å². The number of carbonyl (C=O) groups excluding carboxylic acids is 2. The molecule has 2 aromatic rings. The minimum absolute atomic E-state index is 0.0604. The molecule has 1 aliphatic carbocycles. The third-order valence-corrected chi connectivity index (χ3v) is 6.70. The molecule has 4 rings (SSSR count). The molecule has 2 N–H and O–H groups in total. The highest BCUT2D eigenvalue weighted by atomic mass is 35.5. The fourth-order valence-corrected chi connectivity index (χ4v) is 4.75. The molecule has 2 amide bonds. The Hall–Kier alpha value is -2.81. The lowest BCUT2D eigenvalue weighted by Crippen LogP contribution is -2.38. The number of rotatable bonds is 5. The van der Waals surface area contributed by atoms with Crippen LogP contribution < -0.4 is 15.5 Å². The van der Waals surface area contributed by atoms with Crippen LogP contribution in [0.3, 0.4) is 0 Å². The molecule has 10 heteroatoms. The van der Waals surface area contributed by atoms with Crippen LogP contribution in [0.4, 0.5) is 24.7 Å². The summed E-state index contributed by atoms with van der Waals surface area (Å²) in [6, 6.07) is 7.93. The summed E-state index contributed by atoms with van der Waals surface area (Å²) in [6.07, 6.45) is 1.63. The van der Waals surface area contributed by atoms with Crippen LogP contribution in [0.1, 0.15) is 54.4 Å². The van der Waals surface area contributed by atoms with Crippen molar-refractivity contribution in [3.63, 3.8) is 0 Å². The van der Waals surface area contributed by atoms with Crippen LogP contribution in [-0.2, 0) is 11.0 Å². The lowest BCUT2D eigenvalue weighted by atomic mass is 9.95. The van der Waals surface area contributed by atoms with Crippen LogP contribution in [0.25, 0.3) is 0 Å². The van der Waals surface area contributed by atoms with E-state index in [1.54, 1.807) is 29.2 Å². The summed E-state index contributed by atoms with van der Waals surface area (Å²) in [4.78, 5) is 30.8. The van der Waals surface area contributed by atoms with E-state index in [1.165, 1.54) is 0 Å². The van der Waals surface area contributed by atoms with Crippen LogP contribution in [0, 0.1) is 5.92 Å². The van der Waals surface area contributed by atoms with Crippen molar-refractivity contribution >= 4 is 34.9 Å². The molecule has 1 aromatic heterocycles. The Morgan fingerprint density at radius 2 is 1.68 bits per heavy atom. The number of hydrogen-bond acceptors (Lipinski definition) is 4. The van der Waals surface area contributed by atoms with Gasteiger partial charge in [-0.25, -0.2) is 4.98 Å². The van der Waals surface area contributed by atoms with Gasteiger partial charge in [0.15, 0.2) is 0 Å². The fourth-order valence-electron chi connectivity index (χ4n) is 4.46. The Morgan fingerprint density at radius 1 is 1.03 bits per heavy atom. The maximum absolute atomic E-state index is 12.8. The zero-order valence-electron chi connectivity index (χ0n) is 18.5. The van der Waals surface area contributed by atoms with Crippen molar-refractivity contribution in [1.82, 2.24) is 10.3 Å². The number of hydrogen-bond donors (Lipinski definition) is 2. The highest BCUT2D eigenvalue weighted by Gasteiger charge is 2.33. The van der Waals surface area contributed by atoms with Gasteiger partial charge in [-0.1, -0.05) is 24.4 Å². The van der Waals surface area contributed by atoms with E-state index in [2.05, 4.69) is 15.6 Å². The number of alkyl halides is 3. The van der Waals surface area contributed by atoms with Crippen molar-refractivity contribution in [1.29, 1.82) is 0 Å². The van der Waals surface area contributed by atoms with Crippen molar-refractivity contribution < 1.29 is 22.8 Å². The molecular formula is C24H26ClF3N4O2. The van der Waals surface area contributed by atoms with E-state index in [4.69, 9.17) is 11.6 Å². The minimum Gasteiger partial charge on any atom is -0.355 e. The third kappa shape index (κ3) is 5.81. The predicted octanol–water partition coefficient (Wildman–Crippen LogP) is 5.28. The second-order valence-corrected chi connectivity index (χ2v) is 9.22. The third-order valence-electron chi connectivity index (χ3n) is 6.42. The Morgan fingerprint density at radius 3 is 2.26 bits per heavy atom. The zero-order valence-corrected chi connectivity index (χ0v) is 19.3. The smallest absolute Gasteiger partial charge is 0.355 e. The Bertz CT molecular complexity index is 1030. The van der Waals surface area contributed by atoms with Crippen LogP contribution in [-0.4, -0.2) is 35.9 Å². The van der Waals surface area contributed by atoms with Gasteiger partial charge in [0, 0.05) is 42.5 Å². The average Bonchev–Trinajstić information content (AvgIpc) is 3.32. The van der Waals surface area contributed by atoms with E-state index in [-0.39, 0.29) is 28.8 Å². The van der Waals surface area contributed by atoms with Gasteiger partial charge in [-0.05, 0) is 56.0 Å². The number of nitrogens with one attached hydrogen (secondary N) is 2. The Balaban J connectivity index is 1.28. The molecule has 6 nitrogen and oxygen atoms in total. The highest BCUT2D eigenvalue weighted by Crippen LogP contribution is 2.34. The van der Waals surface area contributed by atoms with E-state index in [9.17, 15) is 22.8 Å². The molecule has 34 heavy (non-hydrogen) atoms. The summed E-state index contributed by atoms with van der Waals surface area (Å²) in [5.41, 5.74) is 0.272. The van der Waals surface area contributed by atoms with Crippen molar-refractivity contribution in [2.75, 3.05) is 23.3 Å². The summed E-state index contributed by atoms with van der Waals surface area (Å²) in [5.74, 6) is -0.184. The summed E-state index contributed by atoms with van der Waals surface area (Å²) in [5, 5.41) is 5.86. The van der Waals surface area contributed by atoms with E-state index in [0.717, 1.165) is 37.9 Å². The summed E-state index contributed by atoms with van der Waals surface area (Å²) >= 11 is 6.05. The van der Waals surface area contributed by atoms with Crippen LogP contribution in [0.2, 0.25) is 5.02 Å². The first-order valence-corrected chi connectivity index (χ1v) is 11.8. The number of amides is 2. The monoisotopic (exact) mass is 494 g/mol. The molecule has 2 aliphatic rings.